The van der Waals surface area contributed by atoms with Crippen LogP contribution in [0.1, 0.15) is 10.4 Å². The topological polar surface area (TPSA) is 83.5 Å². The van der Waals surface area contributed by atoms with Gasteiger partial charge in [0.05, 0.1) is 0 Å². The van der Waals surface area contributed by atoms with E-state index < -0.39 is 22.0 Å². The zero-order valence-electron chi connectivity index (χ0n) is 11.3. The molecule has 0 saturated heterocycles. The second kappa shape index (κ2) is 6.38. The summed E-state index contributed by atoms with van der Waals surface area (Å²) in [6.45, 7) is 1.79. The number of hydrogen-bond donors (Lipinski definition) is 2. The molecule has 0 amide bonds. The van der Waals surface area contributed by atoms with Crippen LogP contribution in [-0.2, 0) is 21.2 Å². The lowest BCUT2D eigenvalue weighted by Gasteiger charge is -2.14. The van der Waals surface area contributed by atoms with Crippen LogP contribution in [0.25, 0.3) is 0 Å². The molecule has 7 heteroatoms. The Kier molecular flexibility index (Phi) is 4.76. The van der Waals surface area contributed by atoms with Crippen LogP contribution in [-0.4, -0.2) is 25.5 Å². The Bertz CT molecular complexity index is 722. The van der Waals surface area contributed by atoms with Gasteiger partial charge in [0.1, 0.15) is 10.3 Å². The number of hydrogen-bond acceptors (Lipinski definition) is 4. The highest BCUT2D eigenvalue weighted by atomic mass is 32.2. The quantitative estimate of drug-likeness (QED) is 0.851. The third kappa shape index (κ3) is 4.13. The van der Waals surface area contributed by atoms with Crippen LogP contribution >= 0.6 is 11.3 Å². The summed E-state index contributed by atoms with van der Waals surface area (Å²) in [4.78, 5) is 12.1. The van der Waals surface area contributed by atoms with Gasteiger partial charge >= 0.3 is 5.97 Å². The van der Waals surface area contributed by atoms with Gasteiger partial charge in [0.25, 0.3) is 10.0 Å². The molecule has 0 fully saturated rings. The third-order valence-electron chi connectivity index (χ3n) is 2.86. The van der Waals surface area contributed by atoms with Gasteiger partial charge < -0.3 is 5.11 Å². The Morgan fingerprint density at radius 3 is 2.43 bits per heavy atom. The molecule has 0 aliphatic heterocycles. The van der Waals surface area contributed by atoms with Crippen LogP contribution in [0.3, 0.4) is 0 Å². The van der Waals surface area contributed by atoms with Gasteiger partial charge in [-0.25, -0.2) is 8.42 Å². The Hall–Kier alpha value is -1.70. The fourth-order valence-electron chi connectivity index (χ4n) is 1.83. The van der Waals surface area contributed by atoms with E-state index in [0.29, 0.717) is 0 Å². The number of carboxylic acids is 1. The van der Waals surface area contributed by atoms with Gasteiger partial charge in [-0.3, -0.25) is 4.79 Å². The van der Waals surface area contributed by atoms with Crippen LogP contribution < -0.4 is 4.72 Å². The molecule has 0 bridgehead atoms. The number of thiophene rings is 1. The fraction of sp³-hybridized carbons (Fsp3) is 0.214. The van der Waals surface area contributed by atoms with Gasteiger partial charge in [-0.2, -0.15) is 4.72 Å². The minimum atomic E-state index is -3.82. The lowest BCUT2D eigenvalue weighted by molar-refractivity contribution is -0.138. The van der Waals surface area contributed by atoms with E-state index >= 15 is 0 Å². The fourth-order valence-corrected chi connectivity index (χ4v) is 4.32. The number of carboxylic acid groups (broad SMARTS) is 1. The standard InChI is InChI=1S/C14H15NO4S2/c1-10-7-8-13(20-10)21(18,19)15-12(14(16)17)9-11-5-3-2-4-6-11/h2-8,12,15H,9H2,1H3,(H,16,17)/t12-/m1/s1. The minimum Gasteiger partial charge on any atom is -0.480 e. The summed E-state index contributed by atoms with van der Waals surface area (Å²) in [6, 6.07) is 10.9. The highest BCUT2D eigenvalue weighted by Gasteiger charge is 2.26. The molecule has 1 heterocycles. The van der Waals surface area contributed by atoms with E-state index in [-0.39, 0.29) is 10.6 Å². The van der Waals surface area contributed by atoms with Crippen molar-refractivity contribution in [2.24, 2.45) is 0 Å². The number of sulfonamides is 1. The molecule has 0 spiro atoms. The van der Waals surface area contributed by atoms with Crippen molar-refractivity contribution in [1.82, 2.24) is 4.72 Å². The highest BCUT2D eigenvalue weighted by molar-refractivity contribution is 7.91. The summed E-state index contributed by atoms with van der Waals surface area (Å²) >= 11 is 1.11. The van der Waals surface area contributed by atoms with Gasteiger partial charge in [-0.05, 0) is 31.0 Å². The SMILES string of the molecule is Cc1ccc(S(=O)(=O)N[C@H](Cc2ccccc2)C(=O)O)s1. The molecule has 1 aromatic carbocycles. The maximum absolute atomic E-state index is 12.2. The number of aliphatic carboxylic acids is 1. The average Bonchev–Trinajstić information content (AvgIpc) is 2.86. The van der Waals surface area contributed by atoms with E-state index in [2.05, 4.69) is 4.72 Å². The van der Waals surface area contributed by atoms with Gasteiger partial charge in [0.2, 0.25) is 0 Å². The molecule has 1 aromatic heterocycles. The second-order valence-corrected chi connectivity index (χ2v) is 7.80. The van der Waals surface area contributed by atoms with E-state index in [1.165, 1.54) is 6.07 Å². The molecule has 2 rings (SSSR count). The predicted molar refractivity (Wildman–Crippen MR) is 80.9 cm³/mol. The summed E-state index contributed by atoms with van der Waals surface area (Å²) in [7, 11) is -3.82. The Morgan fingerprint density at radius 1 is 1.24 bits per heavy atom. The maximum Gasteiger partial charge on any atom is 0.322 e. The number of aryl methyl sites for hydroxylation is 1. The Morgan fingerprint density at radius 2 is 1.90 bits per heavy atom. The van der Waals surface area contributed by atoms with Crippen molar-refractivity contribution in [1.29, 1.82) is 0 Å². The van der Waals surface area contributed by atoms with Crippen LogP contribution in [0, 0.1) is 6.92 Å². The third-order valence-corrected chi connectivity index (χ3v) is 5.82. The number of nitrogens with one attached hydrogen (secondary N) is 1. The summed E-state index contributed by atoms with van der Waals surface area (Å²) in [6.07, 6.45) is 0.0970. The van der Waals surface area contributed by atoms with Crippen molar-refractivity contribution < 1.29 is 18.3 Å². The van der Waals surface area contributed by atoms with Crippen molar-refractivity contribution in [2.45, 2.75) is 23.6 Å². The highest BCUT2D eigenvalue weighted by Crippen LogP contribution is 2.21. The van der Waals surface area contributed by atoms with Crippen LogP contribution in [0.15, 0.2) is 46.7 Å². The predicted octanol–water partition coefficient (Wildman–Crippen LogP) is 2.03. The van der Waals surface area contributed by atoms with E-state index in [4.69, 9.17) is 0 Å². The second-order valence-electron chi connectivity index (χ2n) is 4.57. The smallest absolute Gasteiger partial charge is 0.322 e. The van der Waals surface area contributed by atoms with Gasteiger partial charge in [-0.1, -0.05) is 30.3 Å². The van der Waals surface area contributed by atoms with Crippen LogP contribution in [0.2, 0.25) is 0 Å². The molecule has 21 heavy (non-hydrogen) atoms. The molecule has 0 unspecified atom stereocenters. The molecule has 0 saturated carbocycles. The maximum atomic E-state index is 12.2. The molecular formula is C14H15NO4S2. The first-order chi connectivity index (χ1) is 9.88. The van der Waals surface area contributed by atoms with E-state index in [9.17, 15) is 18.3 Å². The summed E-state index contributed by atoms with van der Waals surface area (Å²) in [5, 5.41) is 9.23. The van der Waals surface area contributed by atoms with Crippen molar-refractivity contribution >= 4 is 27.3 Å². The first-order valence-electron chi connectivity index (χ1n) is 6.24. The van der Waals surface area contributed by atoms with E-state index in [1.54, 1.807) is 37.3 Å². The number of rotatable bonds is 6. The van der Waals surface area contributed by atoms with Crippen molar-refractivity contribution in [3.63, 3.8) is 0 Å². The van der Waals surface area contributed by atoms with Gasteiger partial charge in [0, 0.05) is 4.88 Å². The van der Waals surface area contributed by atoms with Crippen LogP contribution in [0.4, 0.5) is 0 Å². The van der Waals surface area contributed by atoms with Crippen molar-refractivity contribution in [3.05, 3.63) is 52.9 Å². The normalized spacial score (nSPS) is 13.0. The first kappa shape index (κ1) is 15.7. The largest absolute Gasteiger partial charge is 0.480 e. The van der Waals surface area contributed by atoms with Gasteiger partial charge in [-0.15, -0.1) is 11.3 Å². The molecule has 112 valence electrons. The van der Waals surface area contributed by atoms with Crippen molar-refractivity contribution in [3.8, 4) is 0 Å². The van der Waals surface area contributed by atoms with E-state index in [1.807, 2.05) is 6.07 Å². The summed E-state index contributed by atoms with van der Waals surface area (Å²) in [5.74, 6) is -1.20. The van der Waals surface area contributed by atoms with Crippen LogP contribution in [0.5, 0.6) is 0 Å². The molecule has 2 aromatic rings. The first-order valence-corrected chi connectivity index (χ1v) is 8.54. The average molecular weight is 325 g/mol. The molecule has 0 aliphatic rings. The molecule has 5 nitrogen and oxygen atoms in total. The molecule has 0 radical (unpaired) electrons. The Labute approximate surface area is 127 Å². The van der Waals surface area contributed by atoms with E-state index in [0.717, 1.165) is 21.8 Å². The molecule has 0 aliphatic carbocycles. The zero-order valence-corrected chi connectivity index (χ0v) is 12.9. The minimum absolute atomic E-state index is 0.0970. The lowest BCUT2D eigenvalue weighted by atomic mass is 10.1. The molecule has 1 atom stereocenters. The number of carbonyl (C=O) groups is 1. The van der Waals surface area contributed by atoms with Gasteiger partial charge in [0.15, 0.2) is 0 Å². The Balaban J connectivity index is 2.18. The summed E-state index contributed by atoms with van der Waals surface area (Å²) < 4.78 is 26.8. The number of benzene rings is 1. The monoisotopic (exact) mass is 325 g/mol. The van der Waals surface area contributed by atoms with Crippen molar-refractivity contribution in [2.75, 3.05) is 0 Å². The molecular weight excluding hydrogens is 310 g/mol. The zero-order chi connectivity index (χ0) is 15.5. The lowest BCUT2D eigenvalue weighted by Crippen LogP contribution is -2.42. The summed E-state index contributed by atoms with van der Waals surface area (Å²) in [5.41, 5.74) is 0.759. The molecule has 2 N–H and O–H groups in total.